The van der Waals surface area contributed by atoms with Crippen LogP contribution in [0.15, 0.2) is 120 Å². The predicted octanol–water partition coefficient (Wildman–Crippen LogP) is 7.81. The highest BCUT2D eigenvalue weighted by Crippen LogP contribution is 2.37. The smallest absolute Gasteiger partial charge is 0.320 e. The molecular formula is C30H24O2S. The van der Waals surface area contributed by atoms with Gasteiger partial charge in [0.05, 0.1) is 0 Å². The molecule has 0 saturated carbocycles. The van der Waals surface area contributed by atoms with Crippen LogP contribution in [0.3, 0.4) is 0 Å². The Morgan fingerprint density at radius 1 is 0.636 bits per heavy atom. The largest absolute Gasteiger partial charge is 0.452 e. The van der Waals surface area contributed by atoms with Crippen molar-refractivity contribution >= 4 is 39.3 Å². The van der Waals surface area contributed by atoms with E-state index in [0.29, 0.717) is 0 Å². The average Bonchev–Trinajstić information content (AvgIpc) is 2.87. The molecule has 5 rings (SSSR count). The van der Waals surface area contributed by atoms with Gasteiger partial charge in [-0.1, -0.05) is 103 Å². The molecule has 5 aromatic rings. The zero-order valence-corrected chi connectivity index (χ0v) is 19.2. The number of carbonyl (C=O) groups is 1. The molecule has 162 valence electrons. The lowest BCUT2D eigenvalue weighted by atomic mass is 9.92. The Morgan fingerprint density at radius 2 is 1.12 bits per heavy atom. The van der Waals surface area contributed by atoms with Gasteiger partial charge in [-0.15, -0.1) is 11.8 Å². The highest BCUT2D eigenvalue weighted by molar-refractivity contribution is 8.00. The number of rotatable bonds is 6. The minimum absolute atomic E-state index is 0.227. The van der Waals surface area contributed by atoms with Crippen LogP contribution in [0, 0.1) is 0 Å². The summed E-state index contributed by atoms with van der Waals surface area (Å²) in [6.07, 6.45) is -0.506. The first kappa shape index (κ1) is 21.3. The first-order valence-corrected chi connectivity index (χ1v) is 12.0. The molecule has 0 aliphatic heterocycles. The zero-order valence-electron chi connectivity index (χ0n) is 18.3. The Hall–Kier alpha value is -3.56. The van der Waals surface area contributed by atoms with E-state index < -0.39 is 6.10 Å². The van der Waals surface area contributed by atoms with Crippen LogP contribution in [-0.4, -0.2) is 11.2 Å². The monoisotopic (exact) mass is 448 g/mol. The van der Waals surface area contributed by atoms with Gasteiger partial charge < -0.3 is 4.74 Å². The Bertz CT molecular complexity index is 1320. The third-order valence-electron chi connectivity index (χ3n) is 5.83. The van der Waals surface area contributed by atoms with E-state index in [-0.39, 0.29) is 11.2 Å². The number of esters is 1. The van der Waals surface area contributed by atoms with Crippen LogP contribution >= 0.6 is 11.8 Å². The SMILES string of the molecule is C[C@H](Sc1ccccc1)C(=O)OC(c1cccc2ccccc12)c1cccc2ccccc12. The van der Waals surface area contributed by atoms with Gasteiger partial charge in [-0.25, -0.2) is 0 Å². The van der Waals surface area contributed by atoms with Crippen LogP contribution in [0.2, 0.25) is 0 Å². The molecule has 0 unspecified atom stereocenters. The van der Waals surface area contributed by atoms with Crippen LogP contribution in [0.25, 0.3) is 21.5 Å². The normalized spacial score (nSPS) is 12.2. The molecule has 0 N–H and O–H groups in total. The fraction of sp³-hybridized carbons (Fsp3) is 0.100. The van der Waals surface area contributed by atoms with Crippen LogP contribution in [0.5, 0.6) is 0 Å². The molecule has 0 spiro atoms. The molecule has 0 amide bonds. The first-order chi connectivity index (χ1) is 16.2. The molecule has 5 aromatic carbocycles. The third-order valence-corrected chi connectivity index (χ3v) is 6.92. The number of hydrogen-bond acceptors (Lipinski definition) is 3. The van der Waals surface area contributed by atoms with E-state index >= 15 is 0 Å². The van der Waals surface area contributed by atoms with Crippen LogP contribution < -0.4 is 0 Å². The molecular weight excluding hydrogens is 424 g/mol. The highest BCUT2D eigenvalue weighted by Gasteiger charge is 2.26. The van der Waals surface area contributed by atoms with Crippen molar-refractivity contribution in [2.45, 2.75) is 23.2 Å². The average molecular weight is 449 g/mol. The van der Waals surface area contributed by atoms with Crippen molar-refractivity contribution in [1.29, 1.82) is 0 Å². The Kier molecular flexibility index (Phi) is 6.14. The van der Waals surface area contributed by atoms with E-state index in [1.165, 1.54) is 11.8 Å². The molecule has 2 nitrogen and oxygen atoms in total. The van der Waals surface area contributed by atoms with Crippen LogP contribution in [0.1, 0.15) is 24.2 Å². The molecule has 33 heavy (non-hydrogen) atoms. The number of ether oxygens (including phenoxy) is 1. The fourth-order valence-corrected chi connectivity index (χ4v) is 5.09. The van der Waals surface area contributed by atoms with E-state index in [2.05, 4.69) is 48.5 Å². The van der Waals surface area contributed by atoms with Gasteiger partial charge in [0.2, 0.25) is 0 Å². The quantitative estimate of drug-likeness (QED) is 0.196. The van der Waals surface area contributed by atoms with Crippen molar-refractivity contribution in [2.24, 2.45) is 0 Å². The molecule has 1 atom stereocenters. The van der Waals surface area contributed by atoms with Crippen molar-refractivity contribution < 1.29 is 9.53 Å². The summed E-state index contributed by atoms with van der Waals surface area (Å²) in [4.78, 5) is 14.4. The standard InChI is InChI=1S/C30H24O2S/c1-21(33-24-15-3-2-4-16-24)30(31)32-29(27-19-9-13-22-11-5-7-17-25(22)27)28-20-10-14-23-12-6-8-18-26(23)28/h2-21,29H,1H3/t21-/m0/s1. The summed E-state index contributed by atoms with van der Waals surface area (Å²) < 4.78 is 6.31. The summed E-state index contributed by atoms with van der Waals surface area (Å²) in [7, 11) is 0. The van der Waals surface area contributed by atoms with E-state index in [4.69, 9.17) is 4.74 Å². The number of benzene rings is 5. The highest BCUT2D eigenvalue weighted by atomic mass is 32.2. The summed E-state index contributed by atoms with van der Waals surface area (Å²) >= 11 is 1.52. The lowest BCUT2D eigenvalue weighted by Gasteiger charge is -2.23. The van der Waals surface area contributed by atoms with Crippen LogP contribution in [0.4, 0.5) is 0 Å². The predicted molar refractivity (Wildman–Crippen MR) is 138 cm³/mol. The summed E-state index contributed by atoms with van der Waals surface area (Å²) in [6, 6.07) is 38.9. The second-order valence-corrected chi connectivity index (χ2v) is 9.44. The van der Waals surface area contributed by atoms with Gasteiger partial charge in [-0.05, 0) is 40.6 Å². The zero-order chi connectivity index (χ0) is 22.6. The summed E-state index contributed by atoms with van der Waals surface area (Å²) in [6.45, 7) is 1.91. The minimum Gasteiger partial charge on any atom is -0.452 e. The van der Waals surface area contributed by atoms with Crippen molar-refractivity contribution in [1.82, 2.24) is 0 Å². The second kappa shape index (κ2) is 9.51. The first-order valence-electron chi connectivity index (χ1n) is 11.1. The molecule has 0 aliphatic rings. The lowest BCUT2D eigenvalue weighted by Crippen LogP contribution is -2.21. The van der Waals surface area contributed by atoms with Gasteiger partial charge in [0, 0.05) is 16.0 Å². The van der Waals surface area contributed by atoms with Gasteiger partial charge in [0.15, 0.2) is 6.10 Å². The molecule has 0 saturated heterocycles. The number of hydrogen-bond donors (Lipinski definition) is 0. The minimum atomic E-state index is -0.506. The van der Waals surface area contributed by atoms with Gasteiger partial charge >= 0.3 is 5.97 Å². The molecule has 0 aromatic heterocycles. The maximum absolute atomic E-state index is 13.3. The Morgan fingerprint density at radius 3 is 1.70 bits per heavy atom. The summed E-state index contributed by atoms with van der Waals surface area (Å²) in [5, 5.41) is 4.11. The van der Waals surface area contributed by atoms with Crippen molar-refractivity contribution in [3.63, 3.8) is 0 Å². The van der Waals surface area contributed by atoms with Gasteiger partial charge in [-0.2, -0.15) is 0 Å². The summed E-state index contributed by atoms with van der Waals surface area (Å²) in [5.41, 5.74) is 1.99. The summed E-state index contributed by atoms with van der Waals surface area (Å²) in [5.74, 6) is -0.227. The number of thioether (sulfide) groups is 1. The van der Waals surface area contributed by atoms with Crippen molar-refractivity contribution in [2.75, 3.05) is 0 Å². The van der Waals surface area contributed by atoms with Crippen molar-refractivity contribution in [3.05, 3.63) is 126 Å². The molecule has 0 radical (unpaired) electrons. The van der Waals surface area contributed by atoms with E-state index in [0.717, 1.165) is 37.6 Å². The molecule has 0 bridgehead atoms. The van der Waals surface area contributed by atoms with Crippen LogP contribution in [-0.2, 0) is 9.53 Å². The van der Waals surface area contributed by atoms with Gasteiger partial charge in [0.1, 0.15) is 5.25 Å². The topological polar surface area (TPSA) is 26.3 Å². The Balaban J connectivity index is 1.58. The van der Waals surface area contributed by atoms with E-state index in [1.807, 2.05) is 73.7 Å². The van der Waals surface area contributed by atoms with E-state index in [9.17, 15) is 4.79 Å². The number of fused-ring (bicyclic) bond motifs is 2. The second-order valence-electron chi connectivity index (χ2n) is 8.03. The third kappa shape index (κ3) is 4.50. The van der Waals surface area contributed by atoms with Crippen molar-refractivity contribution in [3.8, 4) is 0 Å². The maximum Gasteiger partial charge on any atom is 0.320 e. The molecule has 3 heteroatoms. The fourth-order valence-electron chi connectivity index (χ4n) is 4.22. The number of carbonyl (C=O) groups excluding carboxylic acids is 1. The molecule has 0 aliphatic carbocycles. The van der Waals surface area contributed by atoms with E-state index in [1.54, 1.807) is 0 Å². The molecule has 0 fully saturated rings. The lowest BCUT2D eigenvalue weighted by molar-refractivity contribution is -0.146. The maximum atomic E-state index is 13.3. The molecule has 0 heterocycles. The Labute approximate surface area is 198 Å². The van der Waals surface area contributed by atoms with Gasteiger partial charge in [0.25, 0.3) is 0 Å². The van der Waals surface area contributed by atoms with Gasteiger partial charge in [-0.3, -0.25) is 4.79 Å².